The van der Waals surface area contributed by atoms with Crippen LogP contribution in [0.15, 0.2) is 30.5 Å². The Hall–Kier alpha value is -2.14. The molecule has 0 amide bonds. The van der Waals surface area contributed by atoms with Crippen LogP contribution in [0.25, 0.3) is 5.69 Å². The van der Waals surface area contributed by atoms with Gasteiger partial charge < -0.3 is 9.47 Å². The van der Waals surface area contributed by atoms with E-state index in [4.69, 9.17) is 9.47 Å². The summed E-state index contributed by atoms with van der Waals surface area (Å²) in [6, 6.07) is 7.48. The summed E-state index contributed by atoms with van der Waals surface area (Å²) in [7, 11) is 3.16. The quantitative estimate of drug-likeness (QED) is 0.755. The van der Waals surface area contributed by atoms with E-state index in [0.29, 0.717) is 23.6 Å². The third-order valence-corrected chi connectivity index (χ3v) is 2.56. The van der Waals surface area contributed by atoms with E-state index in [-0.39, 0.29) is 0 Å². The smallest absolute Gasteiger partial charge is 0.153 e. The van der Waals surface area contributed by atoms with E-state index < -0.39 is 0 Å². The standard InChI is InChI=1S/C13H14N2O3/c1-17-9-11-10(8-16)7-15(14-11)12-5-3-4-6-13(12)18-2/h3-8H,9H2,1-2H3. The lowest BCUT2D eigenvalue weighted by Gasteiger charge is -2.07. The Balaban J connectivity index is 2.47. The predicted octanol–water partition coefficient (Wildman–Crippen LogP) is 1.84. The number of hydrogen-bond donors (Lipinski definition) is 0. The zero-order valence-corrected chi connectivity index (χ0v) is 10.3. The number of rotatable bonds is 5. The summed E-state index contributed by atoms with van der Waals surface area (Å²) < 4.78 is 11.9. The van der Waals surface area contributed by atoms with E-state index in [9.17, 15) is 4.79 Å². The second kappa shape index (κ2) is 5.46. The van der Waals surface area contributed by atoms with E-state index in [0.717, 1.165) is 12.0 Å². The van der Waals surface area contributed by atoms with Crippen LogP contribution in [0, 0.1) is 0 Å². The molecule has 0 aliphatic rings. The molecule has 0 spiro atoms. The maximum Gasteiger partial charge on any atom is 0.153 e. The first kappa shape index (κ1) is 12.3. The maximum atomic E-state index is 11.0. The largest absolute Gasteiger partial charge is 0.494 e. The Bertz CT molecular complexity index is 549. The first-order valence-electron chi connectivity index (χ1n) is 5.46. The number of nitrogens with zero attached hydrogens (tertiary/aromatic N) is 2. The van der Waals surface area contributed by atoms with Crippen molar-refractivity contribution in [1.29, 1.82) is 0 Å². The molecule has 0 fully saturated rings. The second-order valence-electron chi connectivity index (χ2n) is 3.70. The monoisotopic (exact) mass is 246 g/mol. The van der Waals surface area contributed by atoms with Crippen LogP contribution < -0.4 is 4.74 Å². The summed E-state index contributed by atoms with van der Waals surface area (Å²) in [5.41, 5.74) is 1.91. The van der Waals surface area contributed by atoms with Crippen molar-refractivity contribution in [2.75, 3.05) is 14.2 Å². The van der Waals surface area contributed by atoms with Crippen LogP contribution in [-0.4, -0.2) is 30.3 Å². The number of para-hydroxylation sites is 2. The van der Waals surface area contributed by atoms with Gasteiger partial charge >= 0.3 is 0 Å². The van der Waals surface area contributed by atoms with Crippen molar-refractivity contribution in [3.8, 4) is 11.4 Å². The molecule has 0 bridgehead atoms. The van der Waals surface area contributed by atoms with Crippen molar-refractivity contribution >= 4 is 6.29 Å². The van der Waals surface area contributed by atoms with Gasteiger partial charge in [-0.05, 0) is 12.1 Å². The number of methoxy groups -OCH3 is 2. The normalized spacial score (nSPS) is 10.3. The van der Waals surface area contributed by atoms with Gasteiger partial charge in [-0.2, -0.15) is 5.10 Å². The minimum Gasteiger partial charge on any atom is -0.494 e. The zero-order valence-electron chi connectivity index (χ0n) is 10.3. The molecule has 0 atom stereocenters. The third kappa shape index (κ3) is 2.26. The number of ether oxygens (including phenoxy) is 2. The molecule has 5 nitrogen and oxygen atoms in total. The van der Waals surface area contributed by atoms with Gasteiger partial charge in [-0.3, -0.25) is 4.79 Å². The highest BCUT2D eigenvalue weighted by atomic mass is 16.5. The van der Waals surface area contributed by atoms with Gasteiger partial charge in [-0.15, -0.1) is 0 Å². The first-order chi connectivity index (χ1) is 8.80. The molecular weight excluding hydrogens is 232 g/mol. The van der Waals surface area contributed by atoms with Gasteiger partial charge in [0.05, 0.1) is 25.0 Å². The molecule has 0 aliphatic carbocycles. The van der Waals surface area contributed by atoms with Crippen LogP contribution in [0.5, 0.6) is 5.75 Å². The summed E-state index contributed by atoms with van der Waals surface area (Å²) in [5, 5.41) is 4.33. The van der Waals surface area contributed by atoms with Crippen LogP contribution in [0.4, 0.5) is 0 Å². The molecule has 18 heavy (non-hydrogen) atoms. The Morgan fingerprint density at radius 3 is 2.78 bits per heavy atom. The van der Waals surface area contributed by atoms with Gasteiger partial charge in [-0.25, -0.2) is 4.68 Å². The first-order valence-corrected chi connectivity index (χ1v) is 5.46. The van der Waals surface area contributed by atoms with E-state index in [1.54, 1.807) is 25.1 Å². The van der Waals surface area contributed by atoms with Crippen LogP contribution >= 0.6 is 0 Å². The molecule has 1 aromatic carbocycles. The minimum absolute atomic E-state index is 0.302. The maximum absolute atomic E-state index is 11.0. The highest BCUT2D eigenvalue weighted by Crippen LogP contribution is 2.22. The van der Waals surface area contributed by atoms with Crippen LogP contribution in [0.1, 0.15) is 16.1 Å². The van der Waals surface area contributed by atoms with E-state index in [2.05, 4.69) is 5.10 Å². The molecule has 0 saturated heterocycles. The van der Waals surface area contributed by atoms with Crippen molar-refractivity contribution < 1.29 is 14.3 Å². The van der Waals surface area contributed by atoms with Gasteiger partial charge in [0.2, 0.25) is 0 Å². The van der Waals surface area contributed by atoms with Crippen molar-refractivity contribution in [1.82, 2.24) is 9.78 Å². The summed E-state index contributed by atoms with van der Waals surface area (Å²) in [6.07, 6.45) is 2.44. The molecule has 2 rings (SSSR count). The topological polar surface area (TPSA) is 53.4 Å². The lowest BCUT2D eigenvalue weighted by molar-refractivity contribution is 0.111. The van der Waals surface area contributed by atoms with Crippen molar-refractivity contribution in [2.45, 2.75) is 6.61 Å². The Morgan fingerprint density at radius 1 is 1.33 bits per heavy atom. The molecule has 0 N–H and O–H groups in total. The molecule has 1 aromatic heterocycles. The molecule has 0 radical (unpaired) electrons. The third-order valence-electron chi connectivity index (χ3n) is 2.56. The number of benzene rings is 1. The van der Waals surface area contributed by atoms with Gasteiger partial charge in [0.25, 0.3) is 0 Å². The molecule has 94 valence electrons. The van der Waals surface area contributed by atoms with E-state index in [1.165, 1.54) is 0 Å². The van der Waals surface area contributed by atoms with Crippen molar-refractivity contribution in [3.63, 3.8) is 0 Å². The molecule has 1 heterocycles. The molecule has 0 aliphatic heterocycles. The Kier molecular flexibility index (Phi) is 3.74. The lowest BCUT2D eigenvalue weighted by atomic mass is 10.3. The van der Waals surface area contributed by atoms with Gasteiger partial charge in [0, 0.05) is 13.3 Å². The fourth-order valence-electron chi connectivity index (χ4n) is 1.71. The van der Waals surface area contributed by atoms with Crippen molar-refractivity contribution in [2.24, 2.45) is 0 Å². The van der Waals surface area contributed by atoms with Gasteiger partial charge in [-0.1, -0.05) is 12.1 Å². The van der Waals surface area contributed by atoms with Crippen LogP contribution in [0.2, 0.25) is 0 Å². The summed E-state index contributed by atoms with van der Waals surface area (Å²) in [6.45, 7) is 0.302. The SMILES string of the molecule is COCc1nn(-c2ccccc2OC)cc1C=O. The zero-order chi connectivity index (χ0) is 13.0. The number of carbonyl (C=O) groups excluding carboxylic acids is 1. The summed E-state index contributed by atoms with van der Waals surface area (Å²) in [5.74, 6) is 0.696. The van der Waals surface area contributed by atoms with Gasteiger partial charge in [0.1, 0.15) is 11.4 Å². The molecule has 0 unspecified atom stereocenters. The van der Waals surface area contributed by atoms with Gasteiger partial charge in [0.15, 0.2) is 6.29 Å². The second-order valence-corrected chi connectivity index (χ2v) is 3.70. The number of aromatic nitrogens is 2. The number of carbonyl (C=O) groups is 1. The minimum atomic E-state index is 0.302. The number of aldehydes is 1. The average Bonchev–Trinajstić information content (AvgIpc) is 2.82. The summed E-state index contributed by atoms with van der Waals surface area (Å²) >= 11 is 0. The number of hydrogen-bond acceptors (Lipinski definition) is 4. The lowest BCUT2D eigenvalue weighted by Crippen LogP contribution is -1.99. The fourth-order valence-corrected chi connectivity index (χ4v) is 1.71. The predicted molar refractivity (Wildman–Crippen MR) is 66.2 cm³/mol. The Morgan fingerprint density at radius 2 is 2.11 bits per heavy atom. The molecule has 2 aromatic rings. The molecule has 5 heteroatoms. The highest BCUT2D eigenvalue weighted by molar-refractivity contribution is 5.76. The summed E-state index contributed by atoms with van der Waals surface area (Å²) in [4.78, 5) is 11.0. The fraction of sp³-hybridized carbons (Fsp3) is 0.231. The van der Waals surface area contributed by atoms with Crippen molar-refractivity contribution in [3.05, 3.63) is 41.7 Å². The van der Waals surface area contributed by atoms with E-state index >= 15 is 0 Å². The molecular formula is C13H14N2O3. The Labute approximate surface area is 105 Å². The van der Waals surface area contributed by atoms with Crippen LogP contribution in [-0.2, 0) is 11.3 Å². The highest BCUT2D eigenvalue weighted by Gasteiger charge is 2.11. The average molecular weight is 246 g/mol. The van der Waals surface area contributed by atoms with E-state index in [1.807, 2.05) is 24.3 Å². The van der Waals surface area contributed by atoms with Crippen LogP contribution in [0.3, 0.4) is 0 Å². The molecule has 0 saturated carbocycles.